The van der Waals surface area contributed by atoms with Crippen LogP contribution in [0.15, 0.2) is 128 Å². The van der Waals surface area contributed by atoms with Crippen LogP contribution in [0.4, 0.5) is 5.82 Å². The quantitative estimate of drug-likeness (QED) is 0.155. The predicted octanol–water partition coefficient (Wildman–Crippen LogP) is 6.65. The van der Waals surface area contributed by atoms with Crippen molar-refractivity contribution in [2.45, 2.75) is 6.54 Å². The van der Waals surface area contributed by atoms with Gasteiger partial charge in [0.25, 0.3) is 0 Å². The van der Waals surface area contributed by atoms with Crippen molar-refractivity contribution in [1.29, 1.82) is 0 Å². The van der Waals surface area contributed by atoms with E-state index >= 15 is 0 Å². The van der Waals surface area contributed by atoms with Crippen LogP contribution in [0, 0.1) is 0 Å². The Bertz CT molecular complexity index is 1460. The number of nitrogens with zero attached hydrogens (tertiary/aromatic N) is 4. The summed E-state index contributed by atoms with van der Waals surface area (Å²) in [5.74, 6) is 0.595. The third-order valence-electron chi connectivity index (χ3n) is 5.60. The molecule has 6 aromatic rings. The second kappa shape index (κ2) is 14.0. The fourth-order valence-electron chi connectivity index (χ4n) is 3.84. The van der Waals surface area contributed by atoms with E-state index in [1.807, 2.05) is 24.3 Å². The molecule has 0 aliphatic heterocycles. The van der Waals surface area contributed by atoms with Gasteiger partial charge in [0.1, 0.15) is 0 Å². The maximum absolute atomic E-state index is 6.07. The molecular weight excluding hydrogens is 694 g/mol. The molecule has 38 heavy (non-hydrogen) atoms. The largest absolute Gasteiger partial charge is 1.00 e. The number of imidazole rings is 1. The Labute approximate surface area is 244 Å². The minimum absolute atomic E-state index is 0. The number of aromatic amines is 1. The van der Waals surface area contributed by atoms with E-state index in [1.54, 1.807) is 6.33 Å². The molecule has 192 valence electrons. The number of nitrogens with one attached hydrogen (secondary N) is 1. The van der Waals surface area contributed by atoms with Gasteiger partial charge in [0.2, 0.25) is 0 Å². The van der Waals surface area contributed by atoms with Gasteiger partial charge in [-0.1, -0.05) is 121 Å². The molecule has 0 atom stereocenters. The van der Waals surface area contributed by atoms with Crippen molar-refractivity contribution >= 4 is 52.4 Å². The number of hydrogen-bond acceptors (Lipinski definition) is 3. The molecule has 6 rings (SSSR count). The van der Waals surface area contributed by atoms with Gasteiger partial charge in [0.05, 0.1) is 11.8 Å². The van der Waals surface area contributed by atoms with Gasteiger partial charge >= 0.3 is 22.4 Å². The van der Waals surface area contributed by atoms with Crippen LogP contribution in [-0.2, 0) is 28.9 Å². The topological polar surface area (TPSA) is 68.6 Å². The monoisotopic (exact) mass is 717 g/mol. The molecule has 4 aromatic carbocycles. The standard InChI is InChI=1S/C18H15P.C12H9ClN5.Au/c1-4-10-16(11-5-1)19(17-12-6-2-7-13-17)18-14-8-3-9-15-18;13-9-4-2-1-3-8(9)5-14-11-10-12(16-6-15-10)18-7-17-11;/h1-15H;1-4,6-7H,5H2,(H-,14,15,16,17,18);/q;-1;+1. The molecule has 1 N–H and O–H groups in total. The molecule has 5 nitrogen and oxygen atoms in total. The van der Waals surface area contributed by atoms with E-state index in [0.717, 1.165) is 11.1 Å². The van der Waals surface area contributed by atoms with Crippen molar-refractivity contribution in [2.75, 3.05) is 0 Å². The van der Waals surface area contributed by atoms with Crippen LogP contribution in [0.3, 0.4) is 0 Å². The van der Waals surface area contributed by atoms with Crippen molar-refractivity contribution in [1.82, 2.24) is 19.9 Å². The van der Waals surface area contributed by atoms with E-state index in [-0.39, 0.29) is 22.4 Å². The molecule has 0 aliphatic rings. The Kier molecular flexibility index (Phi) is 10.2. The van der Waals surface area contributed by atoms with Gasteiger partial charge in [-0.05, 0) is 47.8 Å². The first kappa shape index (κ1) is 27.7. The van der Waals surface area contributed by atoms with Gasteiger partial charge in [-0.25, -0.2) is 9.97 Å². The molecule has 8 heteroatoms. The SMILES string of the molecule is Clc1ccccc1C[N-]c1ncnc2nc[nH]c12.[Au+].c1ccc(P(c2ccccc2)c2ccccc2)cc1. The Morgan fingerprint density at radius 2 is 1.18 bits per heavy atom. The van der Waals surface area contributed by atoms with E-state index in [1.165, 1.54) is 22.2 Å². The average Bonchev–Trinajstić information content (AvgIpc) is 3.45. The molecule has 0 bridgehead atoms. The Hall–Kier alpha value is -3.31. The van der Waals surface area contributed by atoms with Crippen molar-refractivity contribution in [2.24, 2.45) is 0 Å². The number of rotatable bonds is 6. The third-order valence-corrected chi connectivity index (χ3v) is 8.42. The van der Waals surface area contributed by atoms with Gasteiger partial charge in [-0.15, -0.1) is 0 Å². The molecule has 0 spiro atoms. The van der Waals surface area contributed by atoms with Crippen LogP contribution in [0.1, 0.15) is 5.56 Å². The minimum atomic E-state index is -0.446. The van der Waals surface area contributed by atoms with Crippen LogP contribution in [0.25, 0.3) is 16.5 Å². The maximum atomic E-state index is 6.07. The fraction of sp³-hybridized carbons (Fsp3) is 0.0333. The molecule has 0 fully saturated rings. The summed E-state index contributed by atoms with van der Waals surface area (Å²) in [6.45, 7) is 0.477. The van der Waals surface area contributed by atoms with Crippen LogP contribution in [0.2, 0.25) is 5.02 Å². The molecule has 0 saturated heterocycles. The Morgan fingerprint density at radius 1 is 0.658 bits per heavy atom. The summed E-state index contributed by atoms with van der Waals surface area (Å²) in [7, 11) is -0.446. The van der Waals surface area contributed by atoms with Crippen molar-refractivity contribution < 1.29 is 22.4 Å². The second-order valence-corrected chi connectivity index (χ2v) is 10.7. The van der Waals surface area contributed by atoms with E-state index in [9.17, 15) is 0 Å². The van der Waals surface area contributed by atoms with E-state index in [4.69, 9.17) is 11.6 Å². The van der Waals surface area contributed by atoms with Crippen LogP contribution >= 0.6 is 19.5 Å². The summed E-state index contributed by atoms with van der Waals surface area (Å²) in [6, 6.07) is 39.9. The van der Waals surface area contributed by atoms with E-state index in [2.05, 4.69) is 116 Å². The van der Waals surface area contributed by atoms with Crippen LogP contribution in [-0.4, -0.2) is 19.9 Å². The predicted molar refractivity (Wildman–Crippen MR) is 155 cm³/mol. The molecule has 2 heterocycles. The number of H-pyrrole nitrogens is 1. The number of halogens is 1. The van der Waals surface area contributed by atoms with Crippen molar-refractivity contribution in [3.63, 3.8) is 0 Å². The zero-order valence-corrected chi connectivity index (χ0v) is 24.1. The molecule has 0 saturated carbocycles. The summed E-state index contributed by atoms with van der Waals surface area (Å²) < 4.78 is 0. The summed E-state index contributed by atoms with van der Waals surface area (Å²) in [5, 5.41) is 9.33. The number of fused-ring (bicyclic) bond motifs is 1. The summed E-state index contributed by atoms with van der Waals surface area (Å²) in [5.41, 5.74) is 2.32. The Morgan fingerprint density at radius 3 is 1.74 bits per heavy atom. The van der Waals surface area contributed by atoms with Gasteiger partial charge in [-0.2, -0.15) is 0 Å². The normalized spacial score (nSPS) is 10.4. The van der Waals surface area contributed by atoms with Gasteiger partial charge < -0.3 is 15.3 Å². The number of hydrogen-bond donors (Lipinski definition) is 1. The summed E-state index contributed by atoms with van der Waals surface area (Å²) >= 11 is 6.07. The van der Waals surface area contributed by atoms with Crippen LogP contribution in [0.5, 0.6) is 0 Å². The van der Waals surface area contributed by atoms with Crippen molar-refractivity contribution in [3.05, 3.63) is 144 Å². The molecule has 0 aliphatic carbocycles. The molecule has 0 radical (unpaired) electrons. The second-order valence-electron chi connectivity index (χ2n) is 8.05. The summed E-state index contributed by atoms with van der Waals surface area (Å²) in [4.78, 5) is 15.2. The molecule has 0 unspecified atom stereocenters. The first-order valence-corrected chi connectivity index (χ1v) is 13.5. The van der Waals surface area contributed by atoms with Gasteiger partial charge in [0.15, 0.2) is 5.65 Å². The first-order chi connectivity index (χ1) is 18.3. The maximum Gasteiger partial charge on any atom is 1.00 e. The van der Waals surface area contributed by atoms with Gasteiger partial charge in [-0.3, -0.25) is 0 Å². The zero-order valence-electron chi connectivity index (χ0n) is 20.2. The summed E-state index contributed by atoms with van der Waals surface area (Å²) in [6.07, 6.45) is 3.03. The smallest absolute Gasteiger partial charge is 0.459 e. The van der Waals surface area contributed by atoms with E-state index < -0.39 is 7.92 Å². The fourth-order valence-corrected chi connectivity index (χ4v) is 6.34. The molecular formula is C30H24AuClN5P. The average molecular weight is 718 g/mol. The zero-order chi connectivity index (χ0) is 25.3. The van der Waals surface area contributed by atoms with Gasteiger partial charge in [0, 0.05) is 11.3 Å². The number of aromatic nitrogens is 4. The first-order valence-electron chi connectivity index (χ1n) is 11.8. The third kappa shape index (κ3) is 6.96. The van der Waals surface area contributed by atoms with Crippen molar-refractivity contribution in [3.8, 4) is 0 Å². The van der Waals surface area contributed by atoms with E-state index in [0.29, 0.717) is 23.0 Å². The molecule has 0 amide bonds. The van der Waals surface area contributed by atoms with Crippen LogP contribution < -0.4 is 15.9 Å². The number of benzene rings is 4. The molecule has 2 aromatic heterocycles. The Balaban J connectivity index is 0.000000173. The minimum Gasteiger partial charge on any atom is -0.459 e.